The van der Waals surface area contributed by atoms with Gasteiger partial charge in [-0.2, -0.15) is 13.2 Å². The van der Waals surface area contributed by atoms with E-state index in [4.69, 9.17) is 0 Å². The standard InChI is InChI=1S/C17H25F3N4.HI/c1-3-24-9-5-8-15(24)12-23-16(21-2)22-11-13-6-4-7-14(10-13)17(18,19)20;/h4,6-7,10,15H,3,5,8-9,11-12H2,1-2H3,(H2,21,22,23);1H. The predicted molar refractivity (Wildman–Crippen MR) is 105 cm³/mol. The third-order valence-corrected chi connectivity index (χ3v) is 4.35. The first-order valence-corrected chi connectivity index (χ1v) is 8.28. The molecule has 1 fully saturated rings. The lowest BCUT2D eigenvalue weighted by Crippen LogP contribution is -2.44. The number of likely N-dealkylation sites (tertiary alicyclic amines) is 1. The molecule has 1 atom stereocenters. The average Bonchev–Trinajstić information content (AvgIpc) is 3.02. The fraction of sp³-hybridized carbons (Fsp3) is 0.588. The molecule has 0 amide bonds. The molecule has 1 heterocycles. The Morgan fingerprint density at radius 3 is 2.72 bits per heavy atom. The predicted octanol–water partition coefficient (Wildman–Crippen LogP) is 3.47. The first-order chi connectivity index (χ1) is 11.4. The van der Waals surface area contributed by atoms with E-state index in [0.717, 1.165) is 38.2 Å². The molecule has 1 unspecified atom stereocenters. The van der Waals surface area contributed by atoms with E-state index < -0.39 is 11.7 Å². The summed E-state index contributed by atoms with van der Waals surface area (Å²) in [6.45, 7) is 5.39. The first kappa shape index (κ1) is 22.0. The molecule has 0 spiro atoms. The van der Waals surface area contributed by atoms with E-state index in [9.17, 15) is 13.2 Å². The number of nitrogens with zero attached hydrogens (tertiary/aromatic N) is 2. The highest BCUT2D eigenvalue weighted by Crippen LogP contribution is 2.29. The fourth-order valence-corrected chi connectivity index (χ4v) is 3.02. The monoisotopic (exact) mass is 470 g/mol. The van der Waals surface area contributed by atoms with Gasteiger partial charge < -0.3 is 10.6 Å². The lowest BCUT2D eigenvalue weighted by Gasteiger charge is -2.24. The second kappa shape index (κ2) is 10.2. The van der Waals surface area contributed by atoms with Crippen molar-refractivity contribution < 1.29 is 13.2 Å². The van der Waals surface area contributed by atoms with Crippen LogP contribution in [-0.4, -0.2) is 43.6 Å². The Morgan fingerprint density at radius 1 is 1.32 bits per heavy atom. The summed E-state index contributed by atoms with van der Waals surface area (Å²) in [5.41, 5.74) is -0.0573. The van der Waals surface area contributed by atoms with E-state index >= 15 is 0 Å². The molecule has 0 bridgehead atoms. The van der Waals surface area contributed by atoms with Crippen LogP contribution in [0.5, 0.6) is 0 Å². The molecule has 2 rings (SSSR count). The van der Waals surface area contributed by atoms with Crippen LogP contribution in [0.1, 0.15) is 30.9 Å². The third-order valence-electron chi connectivity index (χ3n) is 4.35. The minimum atomic E-state index is -4.32. The fourth-order valence-electron chi connectivity index (χ4n) is 3.02. The van der Waals surface area contributed by atoms with Gasteiger partial charge in [0.2, 0.25) is 0 Å². The van der Waals surface area contributed by atoms with Gasteiger partial charge in [0.05, 0.1) is 5.56 Å². The van der Waals surface area contributed by atoms with Gasteiger partial charge in [-0.25, -0.2) is 0 Å². The van der Waals surface area contributed by atoms with Gasteiger partial charge in [-0.3, -0.25) is 9.89 Å². The number of benzene rings is 1. The molecule has 1 aromatic rings. The van der Waals surface area contributed by atoms with E-state index in [-0.39, 0.29) is 24.0 Å². The summed E-state index contributed by atoms with van der Waals surface area (Å²) >= 11 is 0. The number of nitrogens with one attached hydrogen (secondary N) is 2. The maximum atomic E-state index is 12.7. The summed E-state index contributed by atoms with van der Waals surface area (Å²) < 4.78 is 38.2. The molecule has 2 N–H and O–H groups in total. The van der Waals surface area contributed by atoms with Crippen molar-refractivity contribution in [3.63, 3.8) is 0 Å². The number of likely N-dealkylation sites (N-methyl/N-ethyl adjacent to an activating group) is 1. The Morgan fingerprint density at radius 2 is 2.08 bits per heavy atom. The third kappa shape index (κ3) is 6.65. The molecule has 0 saturated carbocycles. The summed E-state index contributed by atoms with van der Waals surface area (Å²) in [5.74, 6) is 0.607. The second-order valence-corrected chi connectivity index (χ2v) is 5.93. The van der Waals surface area contributed by atoms with Gasteiger partial charge in [0.25, 0.3) is 0 Å². The van der Waals surface area contributed by atoms with E-state index in [0.29, 0.717) is 24.1 Å². The van der Waals surface area contributed by atoms with Gasteiger partial charge in [-0.05, 0) is 43.6 Å². The molecular weight excluding hydrogens is 444 g/mol. The molecule has 4 nitrogen and oxygen atoms in total. The Labute approximate surface area is 164 Å². The normalized spacial score (nSPS) is 18.8. The minimum absolute atomic E-state index is 0. The molecule has 1 aliphatic heterocycles. The minimum Gasteiger partial charge on any atom is -0.355 e. The maximum absolute atomic E-state index is 12.7. The molecule has 0 radical (unpaired) electrons. The number of hydrogen-bond acceptors (Lipinski definition) is 2. The smallest absolute Gasteiger partial charge is 0.355 e. The molecule has 0 aromatic heterocycles. The van der Waals surface area contributed by atoms with Crippen LogP contribution in [0, 0.1) is 0 Å². The van der Waals surface area contributed by atoms with Crippen molar-refractivity contribution >= 4 is 29.9 Å². The van der Waals surface area contributed by atoms with Crippen molar-refractivity contribution in [3.8, 4) is 0 Å². The number of guanidine groups is 1. The zero-order valence-corrected chi connectivity index (χ0v) is 16.9. The van der Waals surface area contributed by atoms with Crippen molar-refractivity contribution in [1.29, 1.82) is 0 Å². The molecule has 0 aliphatic carbocycles. The highest BCUT2D eigenvalue weighted by molar-refractivity contribution is 14.0. The number of aliphatic imine (C=N–C) groups is 1. The lowest BCUT2D eigenvalue weighted by atomic mass is 10.1. The highest BCUT2D eigenvalue weighted by atomic mass is 127. The van der Waals surface area contributed by atoms with Crippen LogP contribution >= 0.6 is 24.0 Å². The Hall–Kier alpha value is -1.03. The number of hydrogen-bond donors (Lipinski definition) is 2. The quantitative estimate of drug-likeness (QED) is 0.394. The van der Waals surface area contributed by atoms with Crippen LogP contribution in [0.3, 0.4) is 0 Å². The number of halogens is 4. The summed E-state index contributed by atoms with van der Waals surface area (Å²) in [7, 11) is 1.66. The van der Waals surface area contributed by atoms with Crippen LogP contribution < -0.4 is 10.6 Å². The molecule has 1 saturated heterocycles. The van der Waals surface area contributed by atoms with Crippen molar-refractivity contribution in [1.82, 2.24) is 15.5 Å². The highest BCUT2D eigenvalue weighted by Gasteiger charge is 2.30. The van der Waals surface area contributed by atoms with Crippen LogP contribution in [0.15, 0.2) is 29.3 Å². The van der Waals surface area contributed by atoms with Crippen LogP contribution in [-0.2, 0) is 12.7 Å². The number of rotatable bonds is 5. The summed E-state index contributed by atoms with van der Waals surface area (Å²) in [5, 5.41) is 6.34. The first-order valence-electron chi connectivity index (χ1n) is 8.28. The van der Waals surface area contributed by atoms with Crippen LogP contribution in [0.25, 0.3) is 0 Å². The Balaban J connectivity index is 0.00000312. The van der Waals surface area contributed by atoms with Crippen molar-refractivity contribution in [2.45, 2.75) is 38.5 Å². The summed E-state index contributed by atoms with van der Waals surface area (Å²) in [6.07, 6.45) is -1.95. The van der Waals surface area contributed by atoms with Crippen molar-refractivity contribution in [3.05, 3.63) is 35.4 Å². The van der Waals surface area contributed by atoms with Crippen LogP contribution in [0.4, 0.5) is 13.2 Å². The van der Waals surface area contributed by atoms with Gasteiger partial charge in [-0.15, -0.1) is 24.0 Å². The Kier molecular flexibility index (Phi) is 8.98. The Bertz CT molecular complexity index is 563. The molecule has 8 heteroatoms. The average molecular weight is 470 g/mol. The molecule has 25 heavy (non-hydrogen) atoms. The summed E-state index contributed by atoms with van der Waals surface area (Å²) in [4.78, 5) is 6.56. The van der Waals surface area contributed by atoms with Gasteiger partial charge >= 0.3 is 6.18 Å². The molecule has 1 aromatic carbocycles. The van der Waals surface area contributed by atoms with E-state index in [2.05, 4.69) is 27.4 Å². The summed E-state index contributed by atoms with van der Waals surface area (Å²) in [6, 6.07) is 5.83. The molecule has 142 valence electrons. The van der Waals surface area contributed by atoms with Crippen LogP contribution in [0.2, 0.25) is 0 Å². The SMILES string of the molecule is CCN1CCCC1CNC(=NC)NCc1cccc(C(F)(F)F)c1.I. The molecule has 1 aliphatic rings. The van der Waals surface area contributed by atoms with E-state index in [1.54, 1.807) is 13.1 Å². The lowest BCUT2D eigenvalue weighted by molar-refractivity contribution is -0.137. The van der Waals surface area contributed by atoms with Crippen molar-refractivity contribution in [2.24, 2.45) is 4.99 Å². The van der Waals surface area contributed by atoms with Crippen molar-refractivity contribution in [2.75, 3.05) is 26.7 Å². The topological polar surface area (TPSA) is 39.7 Å². The second-order valence-electron chi connectivity index (χ2n) is 5.93. The van der Waals surface area contributed by atoms with Gasteiger partial charge in [0.15, 0.2) is 5.96 Å². The largest absolute Gasteiger partial charge is 0.416 e. The maximum Gasteiger partial charge on any atom is 0.416 e. The van der Waals surface area contributed by atoms with Gasteiger partial charge in [-0.1, -0.05) is 19.1 Å². The van der Waals surface area contributed by atoms with E-state index in [1.807, 2.05) is 0 Å². The zero-order valence-electron chi connectivity index (χ0n) is 14.6. The van der Waals surface area contributed by atoms with Gasteiger partial charge in [0, 0.05) is 26.2 Å². The molecular formula is C17H26F3IN4. The van der Waals surface area contributed by atoms with E-state index in [1.165, 1.54) is 12.5 Å². The number of alkyl halides is 3. The van der Waals surface area contributed by atoms with Gasteiger partial charge in [0.1, 0.15) is 0 Å². The zero-order chi connectivity index (χ0) is 17.6.